The van der Waals surface area contributed by atoms with Crippen molar-refractivity contribution in [1.82, 2.24) is 25.2 Å². The van der Waals surface area contributed by atoms with Gasteiger partial charge in [-0.2, -0.15) is 10.5 Å². The molecular weight excluding hydrogens is 829 g/mol. The zero-order valence-electron chi connectivity index (χ0n) is 32.1. The number of aliphatic imine (C=N–C) groups is 2. The van der Waals surface area contributed by atoms with Gasteiger partial charge in [-0.05, 0) is 74.6 Å². The maximum absolute atomic E-state index is 9.56. The zero-order chi connectivity index (χ0) is 40.3. The van der Waals surface area contributed by atoms with Crippen LogP contribution in [-0.4, -0.2) is 77.6 Å². The van der Waals surface area contributed by atoms with Gasteiger partial charge >= 0.3 is 0 Å². The summed E-state index contributed by atoms with van der Waals surface area (Å²) in [5.74, 6) is 1.50. The topological polar surface area (TPSA) is 136 Å². The number of thiazole rings is 2. The summed E-state index contributed by atoms with van der Waals surface area (Å²) in [6.07, 6.45) is 10.7. The van der Waals surface area contributed by atoms with Crippen LogP contribution in [0.4, 0.5) is 16.0 Å². The number of fused-ring (bicyclic) bond motifs is 2. The molecule has 5 heterocycles. The van der Waals surface area contributed by atoms with Crippen molar-refractivity contribution in [2.45, 2.75) is 31.3 Å². The Labute approximate surface area is 354 Å². The number of nitrogens with zero attached hydrogens (tertiary/aromatic N) is 11. The van der Waals surface area contributed by atoms with Crippen LogP contribution in [0, 0.1) is 22.7 Å². The van der Waals surface area contributed by atoms with Gasteiger partial charge in [0.25, 0.3) is 0 Å². The molecule has 0 spiro atoms. The summed E-state index contributed by atoms with van der Waals surface area (Å²) in [4.78, 5) is 31.6. The normalized spacial score (nSPS) is 16.2. The van der Waals surface area contributed by atoms with Gasteiger partial charge in [0.1, 0.15) is 0 Å². The first-order valence-corrected chi connectivity index (χ1v) is 21.2. The van der Waals surface area contributed by atoms with Gasteiger partial charge in [0.15, 0.2) is 10.3 Å². The van der Waals surface area contributed by atoms with Crippen molar-refractivity contribution in [2.24, 2.45) is 9.98 Å². The minimum absolute atomic E-state index is 0.0889. The highest BCUT2D eigenvalue weighted by Gasteiger charge is 2.35. The summed E-state index contributed by atoms with van der Waals surface area (Å²) >= 11 is 6.87. The van der Waals surface area contributed by atoms with Gasteiger partial charge in [-0.15, -0.1) is 0 Å². The Bertz CT molecular complexity index is 2450. The molecule has 0 radical (unpaired) electrons. The molecule has 0 saturated carbocycles. The Hall–Kier alpha value is -5.97. The second-order valence-electron chi connectivity index (χ2n) is 13.5. The van der Waals surface area contributed by atoms with Crippen molar-refractivity contribution >= 4 is 86.9 Å². The predicted molar refractivity (Wildman–Crippen MR) is 242 cm³/mol. The SMILES string of the molecule is CN(C)CCN(C1=NC=C(Br)C(CC#N)N1c1nc2ccccc2s1)c1ccccc1.N#CCC1C=CN=C(NCCc2cccnc2)N1c1nc2ccccc2s1. The number of nitrogens with one attached hydrogen (secondary N) is 1. The molecule has 0 bridgehead atoms. The molecule has 2 aliphatic heterocycles. The van der Waals surface area contributed by atoms with Crippen molar-refractivity contribution in [3.05, 3.63) is 132 Å². The van der Waals surface area contributed by atoms with Crippen LogP contribution in [0.3, 0.4) is 0 Å². The number of pyridine rings is 1. The smallest absolute Gasteiger partial charge is 0.212 e. The molecule has 58 heavy (non-hydrogen) atoms. The fraction of sp³-hybridized carbons (Fsp3) is 0.233. The molecule has 1 N–H and O–H groups in total. The van der Waals surface area contributed by atoms with Crippen molar-refractivity contribution in [1.29, 1.82) is 10.5 Å². The first-order chi connectivity index (χ1) is 28.4. The Balaban J connectivity index is 0.000000178. The second kappa shape index (κ2) is 19.5. The molecule has 6 aromatic rings. The molecule has 0 fully saturated rings. The molecule has 2 aliphatic rings. The third-order valence-electron chi connectivity index (χ3n) is 9.28. The quantitative estimate of drug-likeness (QED) is 0.135. The van der Waals surface area contributed by atoms with Gasteiger partial charge in [-0.3, -0.25) is 14.8 Å². The lowest BCUT2D eigenvalue weighted by atomic mass is 10.1. The Morgan fingerprint density at radius 1 is 0.793 bits per heavy atom. The van der Waals surface area contributed by atoms with Crippen molar-refractivity contribution < 1.29 is 0 Å². The number of nitriles is 2. The highest BCUT2D eigenvalue weighted by molar-refractivity contribution is 9.11. The molecule has 292 valence electrons. The second-order valence-corrected chi connectivity index (χ2v) is 16.5. The number of benzene rings is 3. The summed E-state index contributed by atoms with van der Waals surface area (Å²) in [5, 5.41) is 23.9. The number of hydrogen-bond acceptors (Lipinski definition) is 14. The van der Waals surface area contributed by atoms with Crippen LogP contribution in [0.15, 0.2) is 136 Å². The van der Waals surface area contributed by atoms with E-state index in [9.17, 15) is 10.5 Å². The number of para-hydroxylation sites is 3. The van der Waals surface area contributed by atoms with Gasteiger partial charge in [0.05, 0.1) is 57.5 Å². The average molecular weight is 870 g/mol. The van der Waals surface area contributed by atoms with E-state index in [0.717, 1.165) is 84.4 Å². The molecule has 2 atom stereocenters. The number of rotatable bonds is 11. The fourth-order valence-corrected chi connectivity index (χ4v) is 8.91. The van der Waals surface area contributed by atoms with E-state index in [4.69, 9.17) is 15.0 Å². The first-order valence-electron chi connectivity index (χ1n) is 18.7. The number of halogens is 1. The van der Waals surface area contributed by atoms with E-state index in [1.165, 1.54) is 0 Å². The summed E-state index contributed by atoms with van der Waals surface area (Å²) in [7, 11) is 4.12. The molecule has 15 heteroatoms. The van der Waals surface area contributed by atoms with E-state index in [2.05, 4.69) is 102 Å². The molecule has 0 saturated heterocycles. The summed E-state index contributed by atoms with van der Waals surface area (Å²) < 4.78 is 3.10. The molecule has 3 aromatic heterocycles. The van der Waals surface area contributed by atoms with Crippen molar-refractivity contribution in [2.75, 3.05) is 48.4 Å². The number of hydrogen-bond donors (Lipinski definition) is 1. The lowest BCUT2D eigenvalue weighted by Gasteiger charge is -2.39. The number of guanidine groups is 2. The average Bonchev–Trinajstić information content (AvgIpc) is 3.88. The van der Waals surface area contributed by atoms with Crippen molar-refractivity contribution in [3.8, 4) is 12.1 Å². The Morgan fingerprint density at radius 3 is 2.10 bits per heavy atom. The maximum atomic E-state index is 9.56. The Morgan fingerprint density at radius 2 is 1.47 bits per heavy atom. The largest absolute Gasteiger partial charge is 0.355 e. The first kappa shape index (κ1) is 40.2. The monoisotopic (exact) mass is 868 g/mol. The third-order valence-corrected chi connectivity index (χ3v) is 12.1. The molecule has 2 unspecified atom stereocenters. The number of aromatic nitrogens is 3. The van der Waals surface area contributed by atoms with E-state index in [-0.39, 0.29) is 12.1 Å². The van der Waals surface area contributed by atoms with Crippen molar-refractivity contribution in [3.63, 3.8) is 0 Å². The number of anilines is 3. The predicted octanol–water partition coefficient (Wildman–Crippen LogP) is 8.55. The van der Waals surface area contributed by atoms with Gasteiger partial charge in [-0.25, -0.2) is 20.0 Å². The van der Waals surface area contributed by atoms with Crippen LogP contribution in [0.2, 0.25) is 0 Å². The summed E-state index contributed by atoms with van der Waals surface area (Å²) in [6, 6.07) is 34.7. The van der Waals surface area contributed by atoms with Gasteiger partial charge in [-0.1, -0.05) is 87.1 Å². The highest BCUT2D eigenvalue weighted by atomic mass is 79.9. The minimum Gasteiger partial charge on any atom is -0.355 e. The molecule has 3 aromatic carbocycles. The molecule has 0 amide bonds. The van der Waals surface area contributed by atoms with Gasteiger partial charge < -0.3 is 15.1 Å². The van der Waals surface area contributed by atoms with E-state index >= 15 is 0 Å². The van der Waals surface area contributed by atoms with Crippen LogP contribution >= 0.6 is 38.6 Å². The Kier molecular flexibility index (Phi) is 13.5. The molecule has 12 nitrogen and oxygen atoms in total. The lowest BCUT2D eigenvalue weighted by Crippen LogP contribution is -2.52. The molecule has 0 aliphatic carbocycles. The highest BCUT2D eigenvalue weighted by Crippen LogP contribution is 2.37. The van der Waals surface area contributed by atoms with Gasteiger partial charge in [0, 0.05) is 54.6 Å². The molecular formula is C43H41BrN12S2. The summed E-state index contributed by atoms with van der Waals surface area (Å²) in [6.45, 7) is 2.33. The summed E-state index contributed by atoms with van der Waals surface area (Å²) in [5.41, 5.74) is 4.12. The van der Waals surface area contributed by atoms with E-state index in [1.54, 1.807) is 35.1 Å². The van der Waals surface area contributed by atoms with E-state index in [0.29, 0.717) is 12.8 Å². The molecule has 8 rings (SSSR count). The van der Waals surface area contributed by atoms with Crippen LogP contribution in [-0.2, 0) is 6.42 Å². The van der Waals surface area contributed by atoms with E-state index in [1.807, 2.05) is 84.0 Å². The minimum atomic E-state index is -0.191. The van der Waals surface area contributed by atoms with Crippen LogP contribution in [0.5, 0.6) is 0 Å². The van der Waals surface area contributed by atoms with Crippen LogP contribution in [0.25, 0.3) is 20.4 Å². The maximum Gasteiger partial charge on any atom is 0.212 e. The van der Waals surface area contributed by atoms with Crippen LogP contribution < -0.4 is 20.0 Å². The lowest BCUT2D eigenvalue weighted by molar-refractivity contribution is 0.419. The van der Waals surface area contributed by atoms with E-state index < -0.39 is 0 Å². The third kappa shape index (κ3) is 9.58. The zero-order valence-corrected chi connectivity index (χ0v) is 35.3. The van der Waals surface area contributed by atoms with Crippen LogP contribution in [0.1, 0.15) is 18.4 Å². The standard InChI is InChI=1S/C23H23BrN6S.C20H18N6S/c1-28(2)14-15-29(17-8-4-3-5-9-17)22-26-16-18(24)20(12-13-25)30(22)23-27-19-10-6-7-11-21(19)31-23;21-10-7-16-9-13-24-19(23-12-8-15-4-3-11-22-14-15)26(16)20-25-17-5-1-2-6-18(17)27-20/h3-11,16,20H,12,14-15H2,1-2H3;1-6,9,11,13-14,16H,7-8,12H2,(H,23,24). The number of likely N-dealkylation sites (N-methyl/N-ethyl adjacent to an activating group) is 1. The van der Waals surface area contributed by atoms with Gasteiger partial charge in [0.2, 0.25) is 11.9 Å². The fourth-order valence-electron chi connectivity index (χ4n) is 6.40.